The molecule has 0 aliphatic heterocycles. The molecule has 16 heavy (non-hydrogen) atoms. The van der Waals surface area contributed by atoms with Crippen molar-refractivity contribution < 1.29 is 4.39 Å². The molecule has 2 rings (SSSR count). The van der Waals surface area contributed by atoms with E-state index in [1.165, 1.54) is 6.20 Å². The minimum atomic E-state index is -0.453. The van der Waals surface area contributed by atoms with Gasteiger partial charge in [-0.15, -0.1) is 0 Å². The molecule has 1 heterocycles. The molecule has 0 saturated carbocycles. The molecule has 0 N–H and O–H groups in total. The standard InChI is InChI=1S/C13H9BrFN/c14-12-6-2-1-4-10(12)7-8-11-5-3-9-16-13(11)15/h1-9H. The van der Waals surface area contributed by atoms with Crippen molar-refractivity contribution in [1.29, 1.82) is 0 Å². The SMILES string of the molecule is Fc1ncccc1C=Cc1ccccc1Br. The number of hydrogen-bond donors (Lipinski definition) is 0. The molecular weight excluding hydrogens is 269 g/mol. The highest BCUT2D eigenvalue weighted by Gasteiger charge is 1.98. The van der Waals surface area contributed by atoms with Crippen molar-refractivity contribution in [3.05, 3.63) is 64.1 Å². The lowest BCUT2D eigenvalue weighted by Crippen LogP contribution is -1.85. The van der Waals surface area contributed by atoms with Crippen LogP contribution in [0.5, 0.6) is 0 Å². The summed E-state index contributed by atoms with van der Waals surface area (Å²) < 4.78 is 14.2. The first-order chi connectivity index (χ1) is 7.77. The topological polar surface area (TPSA) is 12.9 Å². The summed E-state index contributed by atoms with van der Waals surface area (Å²) >= 11 is 3.43. The molecule has 0 atom stereocenters. The third-order valence-corrected chi connectivity index (χ3v) is 2.86. The van der Waals surface area contributed by atoms with E-state index in [9.17, 15) is 4.39 Å². The average Bonchev–Trinajstić information content (AvgIpc) is 2.30. The number of benzene rings is 1. The lowest BCUT2D eigenvalue weighted by molar-refractivity contribution is 0.581. The van der Waals surface area contributed by atoms with Crippen molar-refractivity contribution >= 4 is 28.1 Å². The third kappa shape index (κ3) is 2.55. The molecule has 0 saturated heterocycles. The van der Waals surface area contributed by atoms with Crippen LogP contribution in [0.25, 0.3) is 12.2 Å². The van der Waals surface area contributed by atoms with Crippen LogP contribution in [-0.2, 0) is 0 Å². The molecule has 80 valence electrons. The molecule has 0 aliphatic rings. The van der Waals surface area contributed by atoms with Crippen molar-refractivity contribution in [2.75, 3.05) is 0 Å². The van der Waals surface area contributed by atoms with Crippen LogP contribution < -0.4 is 0 Å². The lowest BCUT2D eigenvalue weighted by Gasteiger charge is -1.97. The van der Waals surface area contributed by atoms with E-state index < -0.39 is 5.95 Å². The second kappa shape index (κ2) is 5.03. The Balaban J connectivity index is 2.29. The Morgan fingerprint density at radius 2 is 1.69 bits per heavy atom. The van der Waals surface area contributed by atoms with Crippen molar-refractivity contribution in [2.45, 2.75) is 0 Å². The van der Waals surface area contributed by atoms with Gasteiger partial charge in [0.25, 0.3) is 0 Å². The van der Waals surface area contributed by atoms with Crippen LogP contribution in [0.1, 0.15) is 11.1 Å². The van der Waals surface area contributed by atoms with Gasteiger partial charge in [0.05, 0.1) is 0 Å². The van der Waals surface area contributed by atoms with Gasteiger partial charge in [0.15, 0.2) is 0 Å². The Labute approximate surface area is 102 Å². The Hall–Kier alpha value is -1.48. The highest BCUT2D eigenvalue weighted by molar-refractivity contribution is 9.10. The maximum Gasteiger partial charge on any atom is 0.220 e. The van der Waals surface area contributed by atoms with Crippen molar-refractivity contribution in [3.8, 4) is 0 Å². The molecule has 0 fully saturated rings. The van der Waals surface area contributed by atoms with Gasteiger partial charge >= 0.3 is 0 Å². The summed E-state index contributed by atoms with van der Waals surface area (Å²) in [6.45, 7) is 0. The molecular formula is C13H9BrFN. The van der Waals surface area contributed by atoms with E-state index in [-0.39, 0.29) is 0 Å². The van der Waals surface area contributed by atoms with E-state index >= 15 is 0 Å². The first-order valence-electron chi connectivity index (χ1n) is 4.80. The van der Waals surface area contributed by atoms with E-state index in [0.717, 1.165) is 10.0 Å². The highest BCUT2D eigenvalue weighted by Crippen LogP contribution is 2.18. The number of hydrogen-bond acceptors (Lipinski definition) is 1. The van der Waals surface area contributed by atoms with Gasteiger partial charge in [0.2, 0.25) is 5.95 Å². The first-order valence-corrected chi connectivity index (χ1v) is 5.60. The number of nitrogens with zero attached hydrogens (tertiary/aromatic N) is 1. The lowest BCUT2D eigenvalue weighted by atomic mass is 10.2. The number of halogens is 2. The minimum absolute atomic E-state index is 0.453. The van der Waals surface area contributed by atoms with Gasteiger partial charge in [-0.2, -0.15) is 4.39 Å². The van der Waals surface area contributed by atoms with Crippen LogP contribution in [0.2, 0.25) is 0 Å². The summed E-state index contributed by atoms with van der Waals surface area (Å²) in [7, 11) is 0. The summed E-state index contributed by atoms with van der Waals surface area (Å²) in [6, 6.07) is 11.2. The van der Waals surface area contributed by atoms with Crippen LogP contribution >= 0.6 is 15.9 Å². The number of rotatable bonds is 2. The van der Waals surface area contributed by atoms with Gasteiger partial charge in [-0.3, -0.25) is 0 Å². The monoisotopic (exact) mass is 277 g/mol. The van der Waals surface area contributed by atoms with Gasteiger partial charge in [-0.05, 0) is 29.8 Å². The molecule has 0 radical (unpaired) electrons. The quantitative estimate of drug-likeness (QED) is 0.752. The third-order valence-electron chi connectivity index (χ3n) is 2.14. The van der Waals surface area contributed by atoms with Crippen molar-refractivity contribution in [3.63, 3.8) is 0 Å². The fraction of sp³-hybridized carbons (Fsp3) is 0. The van der Waals surface area contributed by atoms with E-state index in [1.807, 2.05) is 30.3 Å². The summed E-state index contributed by atoms with van der Waals surface area (Å²) in [4.78, 5) is 3.58. The van der Waals surface area contributed by atoms with Crippen LogP contribution in [0.3, 0.4) is 0 Å². The molecule has 0 unspecified atom stereocenters. The van der Waals surface area contributed by atoms with E-state index in [1.54, 1.807) is 18.2 Å². The normalized spacial score (nSPS) is 10.9. The molecule has 0 amide bonds. The maximum absolute atomic E-state index is 13.2. The Kier molecular flexibility index (Phi) is 3.47. The zero-order chi connectivity index (χ0) is 11.4. The average molecular weight is 278 g/mol. The smallest absolute Gasteiger partial charge is 0.220 e. The largest absolute Gasteiger partial charge is 0.228 e. The van der Waals surface area contributed by atoms with Gasteiger partial charge < -0.3 is 0 Å². The molecule has 1 aromatic carbocycles. The van der Waals surface area contributed by atoms with Crippen LogP contribution in [0, 0.1) is 5.95 Å². The van der Waals surface area contributed by atoms with E-state index in [0.29, 0.717) is 5.56 Å². The summed E-state index contributed by atoms with van der Waals surface area (Å²) in [5, 5.41) is 0. The van der Waals surface area contributed by atoms with Crippen molar-refractivity contribution in [2.24, 2.45) is 0 Å². The minimum Gasteiger partial charge on any atom is -0.228 e. The molecule has 1 nitrogen and oxygen atoms in total. The van der Waals surface area contributed by atoms with Crippen LogP contribution in [-0.4, -0.2) is 4.98 Å². The Bertz CT molecular complexity index is 475. The Morgan fingerprint density at radius 3 is 2.44 bits per heavy atom. The fourth-order valence-corrected chi connectivity index (χ4v) is 1.73. The van der Waals surface area contributed by atoms with E-state index in [2.05, 4.69) is 20.9 Å². The van der Waals surface area contributed by atoms with Crippen LogP contribution in [0.15, 0.2) is 47.1 Å². The molecule has 0 spiro atoms. The summed E-state index contributed by atoms with van der Waals surface area (Å²) in [5.74, 6) is -0.453. The highest BCUT2D eigenvalue weighted by atomic mass is 79.9. The van der Waals surface area contributed by atoms with Crippen molar-refractivity contribution in [1.82, 2.24) is 4.98 Å². The number of aromatic nitrogens is 1. The molecule has 0 bridgehead atoms. The first kappa shape index (κ1) is 11.0. The Morgan fingerprint density at radius 1 is 1.00 bits per heavy atom. The van der Waals surface area contributed by atoms with E-state index in [4.69, 9.17) is 0 Å². The fourth-order valence-electron chi connectivity index (χ4n) is 1.31. The number of pyridine rings is 1. The van der Waals surface area contributed by atoms with Gasteiger partial charge in [0, 0.05) is 16.2 Å². The van der Waals surface area contributed by atoms with Crippen LogP contribution in [0.4, 0.5) is 4.39 Å². The predicted molar refractivity (Wildman–Crippen MR) is 67.3 cm³/mol. The van der Waals surface area contributed by atoms with Gasteiger partial charge in [-0.1, -0.05) is 40.2 Å². The summed E-state index contributed by atoms with van der Waals surface area (Å²) in [5.41, 5.74) is 1.49. The molecule has 1 aromatic heterocycles. The predicted octanol–water partition coefficient (Wildman–Crippen LogP) is 4.15. The zero-order valence-electron chi connectivity index (χ0n) is 8.40. The molecule has 2 aromatic rings. The maximum atomic E-state index is 13.2. The second-order valence-electron chi connectivity index (χ2n) is 3.24. The molecule has 3 heteroatoms. The van der Waals surface area contributed by atoms with Gasteiger partial charge in [0.1, 0.15) is 0 Å². The zero-order valence-corrected chi connectivity index (χ0v) is 9.99. The molecule has 0 aliphatic carbocycles. The second-order valence-corrected chi connectivity index (χ2v) is 4.09. The van der Waals surface area contributed by atoms with Gasteiger partial charge in [-0.25, -0.2) is 4.98 Å². The summed E-state index contributed by atoms with van der Waals surface area (Å²) in [6.07, 6.45) is 5.00.